The number of nitrogens with one attached hydrogen (secondary N) is 3. The van der Waals surface area contributed by atoms with E-state index in [9.17, 15) is 22.8 Å². The van der Waals surface area contributed by atoms with Crippen molar-refractivity contribution < 1.29 is 13.2 Å². The number of benzene rings is 1. The van der Waals surface area contributed by atoms with Crippen molar-refractivity contribution in [2.45, 2.75) is 6.54 Å². The van der Waals surface area contributed by atoms with Gasteiger partial charge in [-0.2, -0.15) is 0 Å². The second kappa shape index (κ2) is 7.82. The minimum atomic E-state index is -3.47. The minimum absolute atomic E-state index is 0.0563. The summed E-state index contributed by atoms with van der Waals surface area (Å²) in [7, 11) is -3.47. The van der Waals surface area contributed by atoms with Gasteiger partial charge in [0.05, 0.1) is 18.5 Å². The Labute approximate surface area is 163 Å². The number of sulfonamides is 1. The first-order valence-corrected chi connectivity index (χ1v) is 10.7. The number of thiophene rings is 1. The predicted molar refractivity (Wildman–Crippen MR) is 108 cm³/mol. The van der Waals surface area contributed by atoms with Gasteiger partial charge in [0.15, 0.2) is 0 Å². The molecule has 1 aromatic carbocycles. The van der Waals surface area contributed by atoms with Crippen molar-refractivity contribution in [2.24, 2.45) is 0 Å². The molecule has 2 heterocycles. The summed E-state index contributed by atoms with van der Waals surface area (Å²) in [4.78, 5) is 40.3. The van der Waals surface area contributed by atoms with Gasteiger partial charge in [0, 0.05) is 16.8 Å². The topological polar surface area (TPSA) is 130 Å². The van der Waals surface area contributed by atoms with E-state index in [-0.39, 0.29) is 23.5 Å². The summed E-state index contributed by atoms with van der Waals surface area (Å²) in [5, 5.41) is 4.35. The standard InChI is InChI=1S/C17H16N4O5S2/c1-28(25,26)20-12-5-2-4-11(8-12)19-15(22)14-9-18-17(24)21(16(14)23)10-13-6-3-7-27-13/h2-9,20H,10H2,1H3,(H,18,24)(H,19,22). The summed E-state index contributed by atoms with van der Waals surface area (Å²) in [5.41, 5.74) is -1.03. The van der Waals surface area contributed by atoms with Gasteiger partial charge in [0.1, 0.15) is 5.56 Å². The van der Waals surface area contributed by atoms with E-state index in [4.69, 9.17) is 0 Å². The molecule has 11 heteroatoms. The molecule has 2 aromatic heterocycles. The van der Waals surface area contributed by atoms with Crippen LogP contribution in [0.25, 0.3) is 0 Å². The van der Waals surface area contributed by atoms with Crippen LogP contribution in [0.15, 0.2) is 57.6 Å². The van der Waals surface area contributed by atoms with E-state index in [1.165, 1.54) is 23.5 Å². The lowest BCUT2D eigenvalue weighted by Crippen LogP contribution is -2.39. The van der Waals surface area contributed by atoms with E-state index in [0.717, 1.165) is 21.9 Å². The van der Waals surface area contributed by atoms with Crippen LogP contribution in [0.3, 0.4) is 0 Å². The van der Waals surface area contributed by atoms with E-state index in [1.807, 2.05) is 5.38 Å². The molecule has 3 rings (SSSR count). The molecule has 0 saturated carbocycles. The smallest absolute Gasteiger partial charge is 0.322 e. The third-order valence-corrected chi connectivity index (χ3v) is 5.09. The molecule has 1 amide bonds. The molecule has 3 aromatic rings. The SMILES string of the molecule is CS(=O)(=O)Nc1cccc(NC(=O)c2c[nH]c(=O)n(Cc3cccs3)c2=O)c1. The summed E-state index contributed by atoms with van der Waals surface area (Å²) < 4.78 is 25.9. The molecule has 0 radical (unpaired) electrons. The Balaban J connectivity index is 1.86. The fraction of sp³-hybridized carbons (Fsp3) is 0.118. The normalized spacial score (nSPS) is 11.2. The van der Waals surface area contributed by atoms with Crippen molar-refractivity contribution in [3.05, 3.63) is 79.3 Å². The van der Waals surface area contributed by atoms with Gasteiger partial charge in [0.25, 0.3) is 11.5 Å². The van der Waals surface area contributed by atoms with Crippen LogP contribution in [0.4, 0.5) is 11.4 Å². The fourth-order valence-corrected chi connectivity index (χ4v) is 3.70. The lowest BCUT2D eigenvalue weighted by Gasteiger charge is -2.09. The van der Waals surface area contributed by atoms with Gasteiger partial charge >= 0.3 is 5.69 Å². The summed E-state index contributed by atoms with van der Waals surface area (Å²) in [5.74, 6) is -0.724. The van der Waals surface area contributed by atoms with Crippen LogP contribution >= 0.6 is 11.3 Å². The zero-order chi connectivity index (χ0) is 20.3. The zero-order valence-electron chi connectivity index (χ0n) is 14.6. The van der Waals surface area contributed by atoms with Gasteiger partial charge in [-0.05, 0) is 29.6 Å². The lowest BCUT2D eigenvalue weighted by atomic mass is 10.2. The van der Waals surface area contributed by atoms with Crippen molar-refractivity contribution in [1.29, 1.82) is 0 Å². The van der Waals surface area contributed by atoms with Crippen molar-refractivity contribution in [1.82, 2.24) is 9.55 Å². The third kappa shape index (κ3) is 4.75. The van der Waals surface area contributed by atoms with Crippen molar-refractivity contribution >= 4 is 38.6 Å². The molecule has 0 aliphatic carbocycles. The van der Waals surface area contributed by atoms with Gasteiger partial charge in [-0.3, -0.25) is 18.9 Å². The first-order chi connectivity index (χ1) is 13.2. The number of carbonyl (C=O) groups excluding carboxylic acids is 1. The van der Waals surface area contributed by atoms with Gasteiger partial charge in [0.2, 0.25) is 10.0 Å². The van der Waals surface area contributed by atoms with E-state index in [1.54, 1.807) is 24.3 Å². The van der Waals surface area contributed by atoms with E-state index >= 15 is 0 Å². The molecule has 28 heavy (non-hydrogen) atoms. The fourth-order valence-electron chi connectivity index (χ4n) is 2.45. The predicted octanol–water partition coefficient (Wildman–Crippen LogP) is 1.27. The van der Waals surface area contributed by atoms with Gasteiger partial charge in [-0.1, -0.05) is 12.1 Å². The first kappa shape index (κ1) is 19.6. The Morgan fingerprint density at radius 2 is 1.93 bits per heavy atom. The van der Waals surface area contributed by atoms with Crippen LogP contribution in [0.2, 0.25) is 0 Å². The van der Waals surface area contributed by atoms with Crippen LogP contribution in [0.1, 0.15) is 15.2 Å². The summed E-state index contributed by atoms with van der Waals surface area (Å²) in [6.07, 6.45) is 2.07. The highest BCUT2D eigenvalue weighted by Crippen LogP contribution is 2.16. The van der Waals surface area contributed by atoms with Crippen LogP contribution in [-0.2, 0) is 16.6 Å². The third-order valence-electron chi connectivity index (χ3n) is 3.62. The number of nitrogens with zero attached hydrogens (tertiary/aromatic N) is 1. The number of carbonyl (C=O) groups is 1. The molecular formula is C17H16N4O5S2. The molecule has 0 aliphatic rings. The molecule has 0 atom stereocenters. The van der Waals surface area contributed by atoms with Crippen LogP contribution in [0.5, 0.6) is 0 Å². The number of amides is 1. The highest BCUT2D eigenvalue weighted by Gasteiger charge is 2.16. The summed E-state index contributed by atoms with van der Waals surface area (Å²) in [6.45, 7) is 0.0563. The second-order valence-corrected chi connectivity index (χ2v) is 8.67. The molecule has 0 saturated heterocycles. The Hall–Kier alpha value is -3.18. The average Bonchev–Trinajstić information content (AvgIpc) is 3.10. The average molecular weight is 420 g/mol. The maximum absolute atomic E-state index is 12.6. The number of anilines is 2. The van der Waals surface area contributed by atoms with E-state index < -0.39 is 27.2 Å². The molecule has 0 aliphatic heterocycles. The van der Waals surface area contributed by atoms with Crippen molar-refractivity contribution in [3.8, 4) is 0 Å². The number of aromatic amines is 1. The molecule has 9 nitrogen and oxygen atoms in total. The van der Waals surface area contributed by atoms with Gasteiger partial charge in [-0.25, -0.2) is 13.2 Å². The van der Waals surface area contributed by atoms with E-state index in [2.05, 4.69) is 15.0 Å². The van der Waals surface area contributed by atoms with Gasteiger partial charge in [-0.15, -0.1) is 11.3 Å². The Bertz CT molecular complexity index is 1230. The largest absolute Gasteiger partial charge is 0.328 e. The van der Waals surface area contributed by atoms with Crippen molar-refractivity contribution in [2.75, 3.05) is 16.3 Å². The Kier molecular flexibility index (Phi) is 5.47. The second-order valence-electron chi connectivity index (χ2n) is 5.89. The monoisotopic (exact) mass is 420 g/mol. The Morgan fingerprint density at radius 3 is 2.61 bits per heavy atom. The van der Waals surface area contributed by atoms with Crippen LogP contribution < -0.4 is 21.3 Å². The lowest BCUT2D eigenvalue weighted by molar-refractivity contribution is 0.102. The minimum Gasteiger partial charge on any atom is -0.322 e. The maximum atomic E-state index is 12.6. The summed E-state index contributed by atoms with van der Waals surface area (Å²) >= 11 is 1.39. The van der Waals surface area contributed by atoms with Crippen LogP contribution in [0, 0.1) is 0 Å². The molecule has 0 unspecified atom stereocenters. The van der Waals surface area contributed by atoms with Crippen LogP contribution in [-0.4, -0.2) is 30.1 Å². The number of aromatic nitrogens is 2. The first-order valence-electron chi connectivity index (χ1n) is 7.97. The number of H-pyrrole nitrogens is 1. The molecule has 3 N–H and O–H groups in total. The molecule has 0 spiro atoms. The molecule has 0 bridgehead atoms. The highest BCUT2D eigenvalue weighted by molar-refractivity contribution is 7.92. The zero-order valence-corrected chi connectivity index (χ0v) is 16.3. The Morgan fingerprint density at radius 1 is 1.18 bits per heavy atom. The molecule has 0 fully saturated rings. The molecule has 146 valence electrons. The van der Waals surface area contributed by atoms with Crippen molar-refractivity contribution in [3.63, 3.8) is 0 Å². The number of hydrogen-bond acceptors (Lipinski definition) is 6. The number of rotatable bonds is 6. The van der Waals surface area contributed by atoms with E-state index in [0.29, 0.717) is 0 Å². The summed E-state index contributed by atoms with van der Waals surface area (Å²) in [6, 6.07) is 9.60. The quantitative estimate of drug-likeness (QED) is 0.553. The molecular weight excluding hydrogens is 404 g/mol. The van der Waals surface area contributed by atoms with Gasteiger partial charge < -0.3 is 10.3 Å². The highest BCUT2D eigenvalue weighted by atomic mass is 32.2. The maximum Gasteiger partial charge on any atom is 0.328 e. The number of hydrogen-bond donors (Lipinski definition) is 3.